The van der Waals surface area contributed by atoms with E-state index >= 15 is 0 Å². The van der Waals surface area contributed by atoms with Gasteiger partial charge in [0.15, 0.2) is 0 Å². The van der Waals surface area contributed by atoms with Crippen LogP contribution in [0.15, 0.2) is 33.5 Å². The zero-order chi connectivity index (χ0) is 15.4. The molecule has 1 aromatic carbocycles. The first-order valence-corrected chi connectivity index (χ1v) is 8.21. The molecule has 0 saturated heterocycles. The Labute approximate surface area is 130 Å². The quantitative estimate of drug-likeness (QED) is 0.849. The van der Waals surface area contributed by atoms with E-state index in [1.54, 1.807) is 12.1 Å². The number of rotatable bonds is 3. The van der Waals surface area contributed by atoms with Gasteiger partial charge in [0.1, 0.15) is 11.3 Å². The topological polar surface area (TPSA) is 62.5 Å². The first kappa shape index (κ1) is 15.1. The lowest BCUT2D eigenvalue weighted by atomic mass is 9.96. The van der Waals surface area contributed by atoms with Crippen molar-refractivity contribution in [3.8, 4) is 5.75 Å². The van der Waals surface area contributed by atoms with Crippen LogP contribution in [0.25, 0.3) is 11.0 Å². The summed E-state index contributed by atoms with van der Waals surface area (Å²) >= 11 is 0. The van der Waals surface area contributed by atoms with Crippen LogP contribution >= 0.6 is 0 Å². The van der Waals surface area contributed by atoms with Crippen molar-refractivity contribution in [3.63, 3.8) is 0 Å². The van der Waals surface area contributed by atoms with Crippen molar-refractivity contribution in [1.29, 1.82) is 0 Å². The van der Waals surface area contributed by atoms with Gasteiger partial charge in [-0.15, -0.1) is 0 Å². The maximum Gasteiger partial charge on any atom is 0.336 e. The zero-order valence-corrected chi connectivity index (χ0v) is 12.8. The number of fused-ring (bicyclic) bond motifs is 1. The van der Waals surface area contributed by atoms with Crippen molar-refractivity contribution in [1.82, 2.24) is 5.32 Å². The molecule has 1 saturated carbocycles. The van der Waals surface area contributed by atoms with Crippen molar-refractivity contribution in [2.75, 3.05) is 0 Å². The fraction of sp³-hybridized carbons (Fsp3) is 0.500. The summed E-state index contributed by atoms with van der Waals surface area (Å²) < 4.78 is 5.17. The second kappa shape index (κ2) is 6.97. The molecule has 22 heavy (non-hydrogen) atoms. The maximum absolute atomic E-state index is 11.7. The van der Waals surface area contributed by atoms with Gasteiger partial charge < -0.3 is 14.8 Å². The van der Waals surface area contributed by atoms with E-state index in [2.05, 4.69) is 5.32 Å². The minimum absolute atomic E-state index is 0.112. The van der Waals surface area contributed by atoms with Crippen LogP contribution in [0.2, 0.25) is 0 Å². The fourth-order valence-electron chi connectivity index (χ4n) is 3.28. The molecule has 0 aliphatic heterocycles. The summed E-state index contributed by atoms with van der Waals surface area (Å²) in [5.74, 6) is 0.112. The normalized spacial score (nSPS) is 17.3. The Hall–Kier alpha value is -1.81. The predicted octanol–water partition coefficient (Wildman–Crippen LogP) is 3.70. The molecule has 0 atom stereocenters. The van der Waals surface area contributed by atoms with E-state index in [-0.39, 0.29) is 11.4 Å². The Morgan fingerprint density at radius 2 is 1.82 bits per heavy atom. The first-order valence-electron chi connectivity index (χ1n) is 8.21. The third-order valence-electron chi connectivity index (χ3n) is 4.50. The molecule has 0 amide bonds. The molecule has 4 heteroatoms. The molecule has 0 radical (unpaired) electrons. The Bertz CT molecular complexity index is 684. The second-order valence-corrected chi connectivity index (χ2v) is 6.19. The summed E-state index contributed by atoms with van der Waals surface area (Å²) in [6, 6.07) is 7.01. The summed E-state index contributed by atoms with van der Waals surface area (Å²) in [4.78, 5) is 11.7. The van der Waals surface area contributed by atoms with Crippen LogP contribution in [0.4, 0.5) is 0 Å². The van der Waals surface area contributed by atoms with Crippen LogP contribution in [0.3, 0.4) is 0 Å². The van der Waals surface area contributed by atoms with Crippen molar-refractivity contribution in [2.45, 2.75) is 57.5 Å². The van der Waals surface area contributed by atoms with E-state index in [9.17, 15) is 9.90 Å². The molecule has 3 rings (SSSR count). The van der Waals surface area contributed by atoms with E-state index < -0.39 is 0 Å². The molecule has 0 unspecified atom stereocenters. The SMILES string of the molecule is O=c1cc(CNC2CCCCCCC2)c2ccc(O)cc2o1. The number of benzene rings is 1. The lowest BCUT2D eigenvalue weighted by molar-refractivity contribution is 0.389. The average molecular weight is 301 g/mol. The van der Waals surface area contributed by atoms with Crippen molar-refractivity contribution >= 4 is 11.0 Å². The fourth-order valence-corrected chi connectivity index (χ4v) is 3.28. The molecule has 0 spiro atoms. The van der Waals surface area contributed by atoms with Gasteiger partial charge in [0.05, 0.1) is 0 Å². The van der Waals surface area contributed by atoms with Crippen LogP contribution < -0.4 is 10.9 Å². The molecule has 1 aliphatic rings. The van der Waals surface area contributed by atoms with Gasteiger partial charge in [-0.05, 0) is 30.5 Å². The van der Waals surface area contributed by atoms with Gasteiger partial charge >= 0.3 is 5.63 Å². The van der Waals surface area contributed by atoms with E-state index in [0.29, 0.717) is 18.2 Å². The van der Waals surface area contributed by atoms with Crippen LogP contribution in [0, 0.1) is 0 Å². The number of hydrogen-bond acceptors (Lipinski definition) is 4. The largest absolute Gasteiger partial charge is 0.508 e. The van der Waals surface area contributed by atoms with Crippen LogP contribution in [-0.2, 0) is 6.54 Å². The van der Waals surface area contributed by atoms with Crippen molar-refractivity contribution in [2.24, 2.45) is 0 Å². The third-order valence-corrected chi connectivity index (χ3v) is 4.50. The molecule has 1 heterocycles. The molecule has 0 bridgehead atoms. The summed E-state index contributed by atoms with van der Waals surface area (Å²) in [6.07, 6.45) is 9.00. The molecular formula is C18H23NO3. The average Bonchev–Trinajstić information content (AvgIpc) is 2.45. The number of hydrogen-bond donors (Lipinski definition) is 2. The Morgan fingerprint density at radius 3 is 2.59 bits per heavy atom. The lowest BCUT2D eigenvalue weighted by Crippen LogP contribution is -2.29. The smallest absolute Gasteiger partial charge is 0.336 e. The molecule has 1 aromatic heterocycles. The standard InChI is InChI=1S/C18H23NO3/c20-15-8-9-16-13(10-18(21)22-17(16)11-15)12-19-14-6-4-2-1-3-5-7-14/h8-11,14,19-20H,1-7,12H2. The Morgan fingerprint density at radius 1 is 1.09 bits per heavy atom. The highest BCUT2D eigenvalue weighted by Crippen LogP contribution is 2.22. The number of aromatic hydroxyl groups is 1. The number of phenolic OH excluding ortho intramolecular Hbond substituents is 1. The maximum atomic E-state index is 11.7. The Kier molecular flexibility index (Phi) is 4.78. The first-order chi connectivity index (χ1) is 10.7. The summed E-state index contributed by atoms with van der Waals surface area (Å²) in [6.45, 7) is 0.664. The van der Waals surface area contributed by atoms with Crippen molar-refractivity contribution < 1.29 is 9.52 Å². The minimum atomic E-state index is -0.368. The second-order valence-electron chi connectivity index (χ2n) is 6.19. The van der Waals surface area contributed by atoms with Gasteiger partial charge in [-0.2, -0.15) is 0 Å². The van der Waals surface area contributed by atoms with Crippen molar-refractivity contribution in [3.05, 3.63) is 40.2 Å². The van der Waals surface area contributed by atoms with Gasteiger partial charge in [0, 0.05) is 30.1 Å². The molecule has 2 aromatic rings. The molecule has 118 valence electrons. The monoisotopic (exact) mass is 301 g/mol. The highest BCUT2D eigenvalue weighted by atomic mass is 16.4. The van der Waals surface area contributed by atoms with Gasteiger partial charge in [0.25, 0.3) is 0 Å². The Balaban J connectivity index is 1.76. The molecule has 4 nitrogen and oxygen atoms in total. The van der Waals surface area contributed by atoms with Gasteiger partial charge in [-0.1, -0.05) is 32.1 Å². The lowest BCUT2D eigenvalue weighted by Gasteiger charge is -2.21. The van der Waals surface area contributed by atoms with Crippen LogP contribution in [-0.4, -0.2) is 11.1 Å². The van der Waals surface area contributed by atoms with Gasteiger partial charge in [0.2, 0.25) is 0 Å². The zero-order valence-electron chi connectivity index (χ0n) is 12.8. The van der Waals surface area contributed by atoms with Crippen LogP contribution in [0.1, 0.15) is 50.5 Å². The predicted molar refractivity (Wildman–Crippen MR) is 87.1 cm³/mol. The van der Waals surface area contributed by atoms with E-state index in [4.69, 9.17) is 4.42 Å². The molecular weight excluding hydrogens is 278 g/mol. The molecule has 2 N–H and O–H groups in total. The van der Waals surface area contributed by atoms with Gasteiger partial charge in [-0.3, -0.25) is 0 Å². The summed E-state index contributed by atoms with van der Waals surface area (Å²) in [5, 5.41) is 14.0. The van der Waals surface area contributed by atoms with E-state index in [1.807, 2.05) is 6.07 Å². The van der Waals surface area contributed by atoms with E-state index in [1.165, 1.54) is 51.0 Å². The third kappa shape index (κ3) is 3.69. The molecule has 1 aliphatic carbocycles. The summed E-state index contributed by atoms with van der Waals surface area (Å²) in [5.41, 5.74) is 1.02. The minimum Gasteiger partial charge on any atom is -0.508 e. The summed E-state index contributed by atoms with van der Waals surface area (Å²) in [7, 11) is 0. The van der Waals surface area contributed by atoms with Gasteiger partial charge in [-0.25, -0.2) is 4.79 Å². The highest BCUT2D eigenvalue weighted by Gasteiger charge is 2.12. The number of phenols is 1. The highest BCUT2D eigenvalue weighted by molar-refractivity contribution is 5.81. The number of nitrogens with one attached hydrogen (secondary N) is 1. The van der Waals surface area contributed by atoms with E-state index in [0.717, 1.165) is 10.9 Å². The molecule has 1 fully saturated rings. The van der Waals surface area contributed by atoms with Crippen LogP contribution in [0.5, 0.6) is 5.75 Å².